The SMILES string of the molecule is Cc1nc2c(-c3ccccc3)c(C(F)(F)F)[nH]n2c(=O)c1C(=O)N1CCN(c2ccccc2)CC1. The molecule has 1 amide bonds. The van der Waals surface area contributed by atoms with Crippen molar-refractivity contribution in [3.05, 3.63) is 88.0 Å². The number of piperazine rings is 1. The highest BCUT2D eigenvalue weighted by molar-refractivity contribution is 5.95. The Morgan fingerprint density at radius 3 is 2.14 bits per heavy atom. The number of nitrogens with zero attached hydrogens (tertiary/aromatic N) is 4. The van der Waals surface area contributed by atoms with Crippen LogP contribution in [0.3, 0.4) is 0 Å². The molecule has 4 aromatic rings. The molecule has 2 aromatic carbocycles. The van der Waals surface area contributed by atoms with Crippen LogP contribution in [0.2, 0.25) is 0 Å². The van der Waals surface area contributed by atoms with Gasteiger partial charge in [-0.25, -0.2) is 4.98 Å². The van der Waals surface area contributed by atoms with E-state index in [1.165, 1.54) is 19.1 Å². The average Bonchev–Trinajstić information content (AvgIpc) is 3.25. The highest BCUT2D eigenvalue weighted by atomic mass is 19.4. The molecule has 1 N–H and O–H groups in total. The molecule has 10 heteroatoms. The predicted molar refractivity (Wildman–Crippen MR) is 126 cm³/mol. The number of benzene rings is 2. The second kappa shape index (κ2) is 8.61. The highest BCUT2D eigenvalue weighted by Crippen LogP contribution is 2.38. The second-order valence-electron chi connectivity index (χ2n) is 8.38. The van der Waals surface area contributed by atoms with Gasteiger partial charge in [0.1, 0.15) is 11.3 Å². The number of hydrogen-bond acceptors (Lipinski definition) is 4. The molecule has 180 valence electrons. The molecular weight excluding hydrogens is 459 g/mol. The zero-order chi connectivity index (χ0) is 24.7. The number of alkyl halides is 3. The van der Waals surface area contributed by atoms with Crippen molar-refractivity contribution in [3.8, 4) is 11.1 Å². The van der Waals surface area contributed by atoms with Crippen LogP contribution in [0.25, 0.3) is 16.8 Å². The van der Waals surface area contributed by atoms with Crippen LogP contribution in [0.15, 0.2) is 65.5 Å². The van der Waals surface area contributed by atoms with Gasteiger partial charge in [0.25, 0.3) is 11.5 Å². The van der Waals surface area contributed by atoms with E-state index in [-0.39, 0.29) is 28.0 Å². The van der Waals surface area contributed by atoms with Crippen LogP contribution in [0.5, 0.6) is 0 Å². The van der Waals surface area contributed by atoms with E-state index in [1.54, 1.807) is 23.1 Å². The summed E-state index contributed by atoms with van der Waals surface area (Å²) in [6, 6.07) is 17.7. The maximum atomic E-state index is 13.9. The van der Waals surface area contributed by atoms with Crippen LogP contribution in [0.4, 0.5) is 18.9 Å². The lowest BCUT2D eigenvalue weighted by Crippen LogP contribution is -2.50. The van der Waals surface area contributed by atoms with Crippen LogP contribution in [-0.4, -0.2) is 51.6 Å². The molecule has 1 aliphatic heterocycles. The van der Waals surface area contributed by atoms with Crippen molar-refractivity contribution in [1.82, 2.24) is 19.5 Å². The van der Waals surface area contributed by atoms with E-state index in [1.807, 2.05) is 30.3 Å². The van der Waals surface area contributed by atoms with Crippen molar-refractivity contribution < 1.29 is 18.0 Å². The first-order valence-electron chi connectivity index (χ1n) is 11.1. The third kappa shape index (κ3) is 4.05. The number of carbonyl (C=O) groups is 1. The molecule has 3 heterocycles. The summed E-state index contributed by atoms with van der Waals surface area (Å²) >= 11 is 0. The number of halogens is 3. The highest BCUT2D eigenvalue weighted by Gasteiger charge is 2.39. The van der Waals surface area contributed by atoms with E-state index in [9.17, 15) is 22.8 Å². The van der Waals surface area contributed by atoms with Gasteiger partial charge in [0.15, 0.2) is 5.65 Å². The Kier molecular flexibility index (Phi) is 5.58. The Hall–Kier alpha value is -4.08. The van der Waals surface area contributed by atoms with E-state index in [0.717, 1.165) is 10.2 Å². The minimum absolute atomic E-state index is 0.0930. The van der Waals surface area contributed by atoms with Gasteiger partial charge in [-0.15, -0.1) is 0 Å². The predicted octanol–water partition coefficient (Wildman–Crippen LogP) is 3.98. The number of hydrogen-bond donors (Lipinski definition) is 1. The molecule has 0 aliphatic carbocycles. The van der Waals surface area contributed by atoms with Gasteiger partial charge in [0, 0.05) is 31.9 Å². The van der Waals surface area contributed by atoms with Gasteiger partial charge in [-0.3, -0.25) is 14.7 Å². The lowest BCUT2D eigenvalue weighted by molar-refractivity contribution is -0.140. The molecule has 0 unspecified atom stereocenters. The monoisotopic (exact) mass is 481 g/mol. The number of carbonyl (C=O) groups excluding carboxylic acids is 1. The number of aryl methyl sites for hydroxylation is 1. The van der Waals surface area contributed by atoms with Gasteiger partial charge in [-0.1, -0.05) is 48.5 Å². The largest absolute Gasteiger partial charge is 0.433 e. The van der Waals surface area contributed by atoms with Gasteiger partial charge in [0.2, 0.25) is 0 Å². The molecule has 1 fully saturated rings. The summed E-state index contributed by atoms with van der Waals surface area (Å²) in [5, 5.41) is 2.16. The molecular formula is C25H22F3N5O2. The Morgan fingerprint density at radius 1 is 0.943 bits per heavy atom. The third-order valence-electron chi connectivity index (χ3n) is 6.21. The molecule has 0 atom stereocenters. The number of anilines is 1. The maximum absolute atomic E-state index is 13.9. The first-order valence-corrected chi connectivity index (χ1v) is 11.1. The maximum Gasteiger partial charge on any atom is 0.433 e. The van der Waals surface area contributed by atoms with E-state index in [0.29, 0.717) is 26.2 Å². The fourth-order valence-corrected chi connectivity index (χ4v) is 4.47. The molecule has 1 aliphatic rings. The van der Waals surface area contributed by atoms with Crippen LogP contribution < -0.4 is 10.5 Å². The van der Waals surface area contributed by atoms with Crippen LogP contribution >= 0.6 is 0 Å². The third-order valence-corrected chi connectivity index (χ3v) is 6.21. The van der Waals surface area contributed by atoms with Crippen LogP contribution in [0.1, 0.15) is 21.7 Å². The van der Waals surface area contributed by atoms with Crippen LogP contribution in [-0.2, 0) is 6.18 Å². The number of H-pyrrole nitrogens is 1. The van der Waals surface area contributed by atoms with Gasteiger partial charge >= 0.3 is 6.18 Å². The van der Waals surface area contributed by atoms with E-state index in [4.69, 9.17) is 0 Å². The molecule has 5 rings (SSSR count). The molecule has 0 spiro atoms. The quantitative estimate of drug-likeness (QED) is 0.481. The summed E-state index contributed by atoms with van der Waals surface area (Å²) in [5.74, 6) is -0.536. The van der Waals surface area contributed by atoms with Gasteiger partial charge < -0.3 is 9.80 Å². The average molecular weight is 481 g/mol. The molecule has 2 aromatic heterocycles. The lowest BCUT2D eigenvalue weighted by Gasteiger charge is -2.36. The first kappa shape index (κ1) is 22.7. The zero-order valence-corrected chi connectivity index (χ0v) is 18.8. The number of rotatable bonds is 3. The second-order valence-corrected chi connectivity index (χ2v) is 8.38. The molecule has 0 radical (unpaired) electrons. The molecule has 7 nitrogen and oxygen atoms in total. The van der Waals surface area contributed by atoms with Gasteiger partial charge in [-0.05, 0) is 24.6 Å². The number of fused-ring (bicyclic) bond motifs is 1. The van der Waals surface area contributed by atoms with E-state index < -0.39 is 23.3 Å². The first-order chi connectivity index (χ1) is 16.8. The topological polar surface area (TPSA) is 73.7 Å². The Balaban J connectivity index is 1.53. The number of para-hydroxylation sites is 1. The summed E-state index contributed by atoms with van der Waals surface area (Å²) in [7, 11) is 0. The van der Waals surface area contributed by atoms with Crippen molar-refractivity contribution in [2.75, 3.05) is 31.1 Å². The fraction of sp³-hybridized carbons (Fsp3) is 0.240. The molecule has 0 bridgehead atoms. The summed E-state index contributed by atoms with van der Waals surface area (Å²) < 4.78 is 42.4. The standard InChI is InChI=1S/C25H22F3N5O2/c1-16-19(23(34)32-14-12-31(13-15-32)18-10-6-3-7-11-18)24(35)33-22(29-16)20(17-8-4-2-5-9-17)21(30-33)25(26,27)28/h2-11,30H,12-15H2,1H3. The van der Waals surface area contributed by atoms with E-state index >= 15 is 0 Å². The van der Waals surface area contributed by atoms with Crippen molar-refractivity contribution in [3.63, 3.8) is 0 Å². The zero-order valence-electron chi connectivity index (χ0n) is 18.8. The smallest absolute Gasteiger partial charge is 0.368 e. The Labute approximate surface area is 198 Å². The summed E-state index contributed by atoms with van der Waals surface area (Å²) in [5.41, 5.74) is -1.17. The minimum atomic E-state index is -4.75. The van der Waals surface area contributed by atoms with Crippen LogP contribution in [0, 0.1) is 6.92 Å². The van der Waals surface area contributed by atoms with Crippen molar-refractivity contribution in [2.24, 2.45) is 0 Å². The lowest BCUT2D eigenvalue weighted by atomic mass is 10.1. The summed E-state index contributed by atoms with van der Waals surface area (Å²) in [4.78, 5) is 34.6. The number of aromatic nitrogens is 3. The summed E-state index contributed by atoms with van der Waals surface area (Å²) in [6.45, 7) is 3.38. The fourth-order valence-electron chi connectivity index (χ4n) is 4.47. The Bertz CT molecular complexity index is 1440. The molecule has 35 heavy (non-hydrogen) atoms. The van der Waals surface area contributed by atoms with Crippen molar-refractivity contribution in [2.45, 2.75) is 13.1 Å². The van der Waals surface area contributed by atoms with Gasteiger partial charge in [-0.2, -0.15) is 17.7 Å². The summed E-state index contributed by atoms with van der Waals surface area (Å²) in [6.07, 6.45) is -4.75. The number of aromatic amines is 1. The minimum Gasteiger partial charge on any atom is -0.368 e. The van der Waals surface area contributed by atoms with Crippen molar-refractivity contribution in [1.29, 1.82) is 0 Å². The Morgan fingerprint density at radius 2 is 1.54 bits per heavy atom. The molecule has 0 saturated carbocycles. The number of nitrogens with one attached hydrogen (secondary N) is 1. The normalized spacial score (nSPS) is 14.5. The van der Waals surface area contributed by atoms with E-state index in [2.05, 4.69) is 15.0 Å². The van der Waals surface area contributed by atoms with Crippen molar-refractivity contribution >= 4 is 17.2 Å². The number of amides is 1. The molecule has 1 saturated heterocycles. The van der Waals surface area contributed by atoms with Gasteiger partial charge in [0.05, 0.1) is 11.3 Å².